The molecule has 19 heavy (non-hydrogen) atoms. The first-order chi connectivity index (χ1) is 9.20. The first-order valence-electron chi connectivity index (χ1n) is 6.75. The molecule has 3 nitrogen and oxygen atoms in total. The number of aromatic nitrogens is 2. The van der Waals surface area contributed by atoms with Crippen molar-refractivity contribution >= 4 is 44.7 Å². The summed E-state index contributed by atoms with van der Waals surface area (Å²) in [4.78, 5) is 4.51. The van der Waals surface area contributed by atoms with Gasteiger partial charge in [0.1, 0.15) is 0 Å². The zero-order chi connectivity index (χ0) is 13.4. The van der Waals surface area contributed by atoms with Crippen molar-refractivity contribution in [2.75, 3.05) is 11.5 Å². The van der Waals surface area contributed by atoms with E-state index in [-0.39, 0.29) is 0 Å². The van der Waals surface area contributed by atoms with E-state index in [0.717, 1.165) is 15.5 Å². The maximum atomic E-state index is 6.17. The number of nitrogen functional groups attached to an aromatic ring is 1. The lowest BCUT2D eigenvalue weighted by Gasteiger charge is -2.22. The molecule has 0 radical (unpaired) electrons. The normalized spacial score (nSPS) is 23.3. The summed E-state index contributed by atoms with van der Waals surface area (Å²) in [6.45, 7) is 2.23. The first-order valence-corrected chi connectivity index (χ1v) is 8.59. The van der Waals surface area contributed by atoms with Crippen molar-refractivity contribution in [2.45, 2.75) is 37.5 Å². The number of thioether (sulfide) groups is 1. The van der Waals surface area contributed by atoms with Gasteiger partial charge in [-0.1, -0.05) is 29.3 Å². The first kappa shape index (κ1) is 13.3. The fourth-order valence-corrected chi connectivity index (χ4v) is 4.64. The summed E-state index contributed by atoms with van der Waals surface area (Å²) >= 11 is 5.54. The lowest BCUT2D eigenvalue weighted by atomic mass is 10.2. The van der Waals surface area contributed by atoms with E-state index in [2.05, 4.69) is 56.3 Å². The van der Waals surface area contributed by atoms with Crippen molar-refractivity contribution in [3.05, 3.63) is 22.7 Å². The molecule has 2 N–H and O–H groups in total. The van der Waals surface area contributed by atoms with Crippen molar-refractivity contribution in [3.63, 3.8) is 0 Å². The molecule has 3 rings (SSSR count). The minimum Gasteiger partial charge on any atom is -0.369 e. The largest absolute Gasteiger partial charge is 0.369 e. The highest BCUT2D eigenvalue weighted by Crippen LogP contribution is 2.41. The van der Waals surface area contributed by atoms with Gasteiger partial charge in [-0.3, -0.25) is 0 Å². The molecule has 1 aromatic heterocycles. The summed E-state index contributed by atoms with van der Waals surface area (Å²) in [6.07, 6.45) is 3.79. The number of nitrogens with two attached hydrogens (primary N) is 1. The Hall–Kier alpha value is -0.680. The number of fused-ring (bicyclic) bond motifs is 1. The predicted octanol–water partition coefficient (Wildman–Crippen LogP) is 4.23. The molecule has 1 aromatic carbocycles. The third-order valence-electron chi connectivity index (χ3n) is 3.81. The summed E-state index contributed by atoms with van der Waals surface area (Å²) in [5.74, 6) is 1.82. The van der Waals surface area contributed by atoms with E-state index in [1.807, 2.05) is 6.07 Å². The van der Waals surface area contributed by atoms with Crippen LogP contribution < -0.4 is 5.73 Å². The van der Waals surface area contributed by atoms with E-state index in [9.17, 15) is 0 Å². The van der Waals surface area contributed by atoms with Gasteiger partial charge >= 0.3 is 0 Å². The summed E-state index contributed by atoms with van der Waals surface area (Å²) in [7, 11) is 0. The zero-order valence-corrected chi connectivity index (χ0v) is 13.4. The molecule has 1 aliphatic rings. The fraction of sp³-hybridized carbons (Fsp3) is 0.500. The molecule has 5 heteroatoms. The minimum absolute atomic E-state index is 0.496. The molecule has 0 bridgehead atoms. The van der Waals surface area contributed by atoms with Gasteiger partial charge in [0.15, 0.2) is 0 Å². The number of nitrogens with zero attached hydrogens (tertiary/aromatic N) is 2. The van der Waals surface area contributed by atoms with Gasteiger partial charge in [-0.05, 0) is 36.8 Å². The molecule has 1 heterocycles. The standard InChI is InChI=1S/C14H18BrN3S/c1-2-19-13-5-3-4-12(13)18-11-7-6-9(15)8-10(11)17-14(18)16/h6-8,12-13H,2-5H2,1H3,(H2,16,17). The van der Waals surface area contributed by atoms with Gasteiger partial charge in [0.2, 0.25) is 5.95 Å². The maximum absolute atomic E-state index is 6.17. The van der Waals surface area contributed by atoms with Crippen molar-refractivity contribution < 1.29 is 0 Å². The van der Waals surface area contributed by atoms with E-state index < -0.39 is 0 Å². The Labute approximate surface area is 126 Å². The van der Waals surface area contributed by atoms with Crippen molar-refractivity contribution in [3.8, 4) is 0 Å². The SMILES string of the molecule is CCSC1CCCC1n1c(N)nc2cc(Br)ccc21. The highest BCUT2D eigenvalue weighted by molar-refractivity contribution is 9.10. The monoisotopic (exact) mass is 339 g/mol. The van der Waals surface area contributed by atoms with Crippen LogP contribution in [0.15, 0.2) is 22.7 Å². The molecule has 2 atom stereocenters. The third-order valence-corrected chi connectivity index (χ3v) is 5.61. The van der Waals surface area contributed by atoms with Crippen LogP contribution >= 0.6 is 27.7 Å². The van der Waals surface area contributed by atoms with Crippen molar-refractivity contribution in [2.24, 2.45) is 0 Å². The lowest BCUT2D eigenvalue weighted by Crippen LogP contribution is -2.18. The highest BCUT2D eigenvalue weighted by atomic mass is 79.9. The highest BCUT2D eigenvalue weighted by Gasteiger charge is 2.31. The second-order valence-corrected chi connectivity index (χ2v) is 7.40. The summed E-state index contributed by atoms with van der Waals surface area (Å²) < 4.78 is 3.30. The van der Waals surface area contributed by atoms with Crippen LogP contribution in [0.1, 0.15) is 32.2 Å². The number of rotatable bonds is 3. The number of halogens is 1. The molecule has 0 aliphatic heterocycles. The van der Waals surface area contributed by atoms with E-state index in [1.54, 1.807) is 0 Å². The van der Waals surface area contributed by atoms with Crippen LogP contribution in [0.3, 0.4) is 0 Å². The van der Waals surface area contributed by atoms with Crippen LogP contribution in [-0.2, 0) is 0 Å². The Balaban J connectivity index is 2.06. The van der Waals surface area contributed by atoms with E-state index in [4.69, 9.17) is 5.73 Å². The van der Waals surface area contributed by atoms with Gasteiger partial charge in [-0.15, -0.1) is 0 Å². The second kappa shape index (κ2) is 5.37. The van der Waals surface area contributed by atoms with Crippen LogP contribution in [0, 0.1) is 0 Å². The fourth-order valence-electron chi connectivity index (χ4n) is 3.05. The van der Waals surface area contributed by atoms with Gasteiger partial charge < -0.3 is 10.3 Å². The van der Waals surface area contributed by atoms with Crippen LogP contribution in [0.5, 0.6) is 0 Å². The van der Waals surface area contributed by atoms with Crippen LogP contribution in [0.25, 0.3) is 11.0 Å². The van der Waals surface area contributed by atoms with Crippen molar-refractivity contribution in [1.29, 1.82) is 0 Å². The Morgan fingerprint density at radius 1 is 1.47 bits per heavy atom. The Kier molecular flexibility index (Phi) is 3.76. The third kappa shape index (κ3) is 2.38. The minimum atomic E-state index is 0.496. The molecule has 2 aromatic rings. The molecular formula is C14H18BrN3S. The van der Waals surface area contributed by atoms with E-state index in [0.29, 0.717) is 17.2 Å². The van der Waals surface area contributed by atoms with Crippen LogP contribution in [0.4, 0.5) is 5.95 Å². The number of anilines is 1. The van der Waals surface area contributed by atoms with E-state index in [1.165, 1.54) is 25.0 Å². The summed E-state index contributed by atoms with van der Waals surface area (Å²) in [5, 5.41) is 0.674. The summed E-state index contributed by atoms with van der Waals surface area (Å²) in [6, 6.07) is 6.72. The zero-order valence-electron chi connectivity index (χ0n) is 11.0. The van der Waals surface area contributed by atoms with Crippen LogP contribution in [-0.4, -0.2) is 20.6 Å². The van der Waals surface area contributed by atoms with Gasteiger partial charge in [0.05, 0.1) is 11.0 Å². The number of hydrogen-bond acceptors (Lipinski definition) is 3. The molecule has 0 saturated heterocycles. The average Bonchev–Trinajstić information content (AvgIpc) is 2.92. The van der Waals surface area contributed by atoms with Gasteiger partial charge in [0, 0.05) is 15.8 Å². The Morgan fingerprint density at radius 3 is 3.11 bits per heavy atom. The van der Waals surface area contributed by atoms with Crippen LogP contribution in [0.2, 0.25) is 0 Å². The molecule has 0 spiro atoms. The predicted molar refractivity (Wildman–Crippen MR) is 86.7 cm³/mol. The Morgan fingerprint density at radius 2 is 2.32 bits per heavy atom. The molecule has 2 unspecified atom stereocenters. The molecule has 1 fully saturated rings. The molecule has 0 amide bonds. The smallest absolute Gasteiger partial charge is 0.201 e. The molecule has 1 saturated carbocycles. The van der Waals surface area contributed by atoms with Gasteiger partial charge in [-0.25, -0.2) is 4.98 Å². The topological polar surface area (TPSA) is 43.8 Å². The average molecular weight is 340 g/mol. The van der Waals surface area contributed by atoms with Gasteiger partial charge in [0.25, 0.3) is 0 Å². The molecule has 1 aliphatic carbocycles. The number of hydrogen-bond donors (Lipinski definition) is 1. The number of benzene rings is 1. The second-order valence-electron chi connectivity index (χ2n) is 4.97. The number of imidazole rings is 1. The summed E-state index contributed by atoms with van der Waals surface area (Å²) in [5.41, 5.74) is 8.32. The maximum Gasteiger partial charge on any atom is 0.201 e. The Bertz CT molecular complexity index is 596. The molecule has 102 valence electrons. The van der Waals surface area contributed by atoms with Crippen molar-refractivity contribution in [1.82, 2.24) is 9.55 Å². The van der Waals surface area contributed by atoms with E-state index >= 15 is 0 Å². The lowest BCUT2D eigenvalue weighted by molar-refractivity contribution is 0.549. The van der Waals surface area contributed by atoms with Gasteiger partial charge in [-0.2, -0.15) is 11.8 Å². The molecular weight excluding hydrogens is 322 g/mol. The quantitative estimate of drug-likeness (QED) is 0.909.